The Morgan fingerprint density at radius 1 is 0.239 bits per heavy atom. The topological polar surface area (TPSA) is 81.8 Å². The molecule has 424 valence electrons. The highest BCUT2D eigenvalue weighted by Crippen LogP contribution is 2.40. The number of para-hydroxylation sites is 6. The van der Waals surface area contributed by atoms with E-state index in [-0.39, 0.29) is 0 Å². The first-order valence-corrected chi connectivity index (χ1v) is 30.7. The minimum Gasteiger partial charge on any atom is -0.423 e. The fourth-order valence-electron chi connectivity index (χ4n) is 11.3. The predicted octanol–water partition coefficient (Wildman–Crippen LogP) is 21.3. The molecule has 0 saturated heterocycles. The highest BCUT2D eigenvalue weighted by molar-refractivity contribution is 9.10. The lowest BCUT2D eigenvalue weighted by Gasteiger charge is -2.25. The molecule has 4 N–H and O–H groups in total. The van der Waals surface area contributed by atoms with Crippen molar-refractivity contribution in [3.63, 3.8) is 0 Å². The monoisotopic (exact) mass is 1270 g/mol. The van der Waals surface area contributed by atoms with Crippen molar-refractivity contribution < 1.29 is 10.0 Å². The van der Waals surface area contributed by atoms with Gasteiger partial charge in [0.15, 0.2) is 0 Å². The number of fused-ring (bicyclic) bond motifs is 6. The van der Waals surface area contributed by atoms with Gasteiger partial charge in [-0.15, -0.1) is 0 Å². The molecule has 0 aliphatic heterocycles. The molecule has 7 nitrogen and oxygen atoms in total. The van der Waals surface area contributed by atoms with Crippen molar-refractivity contribution in [3.05, 3.63) is 337 Å². The zero-order valence-electron chi connectivity index (χ0n) is 47.7. The van der Waals surface area contributed by atoms with Crippen LogP contribution < -0.4 is 20.2 Å². The smallest absolute Gasteiger partial charge is 0.423 e. The zero-order chi connectivity index (χ0) is 59.8. The number of hydrogen-bond acceptors (Lipinski definition) is 5. The van der Waals surface area contributed by atoms with Crippen molar-refractivity contribution in [2.24, 2.45) is 0 Å². The van der Waals surface area contributed by atoms with Gasteiger partial charge in [0.2, 0.25) is 0 Å². The van der Waals surface area contributed by atoms with Crippen LogP contribution in [0.2, 0.25) is 0 Å². The lowest BCUT2D eigenvalue weighted by Crippen LogP contribution is -2.29. The summed E-state index contributed by atoms with van der Waals surface area (Å²) in [6.45, 7) is 0. The quantitative estimate of drug-likeness (QED) is 0.0917. The van der Waals surface area contributed by atoms with Gasteiger partial charge in [0.1, 0.15) is 0 Å². The number of hydrogen-bond donors (Lipinski definition) is 4. The van der Waals surface area contributed by atoms with Crippen LogP contribution in [0.25, 0.3) is 65.9 Å². The van der Waals surface area contributed by atoms with Crippen LogP contribution in [0, 0.1) is 0 Å². The lowest BCUT2D eigenvalue weighted by atomic mass is 9.80. The molecule has 0 amide bonds. The first-order valence-electron chi connectivity index (χ1n) is 29.1. The van der Waals surface area contributed by atoms with Crippen molar-refractivity contribution in [1.82, 2.24) is 9.97 Å². The third-order valence-electron chi connectivity index (χ3n) is 15.6. The Hall–Kier alpha value is -10.2. The van der Waals surface area contributed by atoms with E-state index in [1.165, 1.54) is 54.8 Å². The molecule has 0 spiro atoms. The SMILES string of the molecule is Brc1ccc2[nH]c3ccc(Br)cc3c2c1.OB(O)c1ccc(N(c2ccccc2)c2ccccc2)cc1.c1ccc(N(c2ccccc2)c2ccc(-c3ccc4[nH]c5ccc(-c6ccc(N(c7ccccc7)c7ccccc7)cc6)cc5c4c3)cc2)cc1. The van der Waals surface area contributed by atoms with Gasteiger partial charge in [-0.3, -0.25) is 0 Å². The summed E-state index contributed by atoms with van der Waals surface area (Å²) in [7, 11) is -1.45. The van der Waals surface area contributed by atoms with Crippen molar-refractivity contribution in [2.45, 2.75) is 0 Å². The molecule has 15 rings (SSSR count). The number of benzene rings is 13. The normalized spacial score (nSPS) is 11.0. The summed E-state index contributed by atoms with van der Waals surface area (Å²) in [6.07, 6.45) is 0. The van der Waals surface area contributed by atoms with Crippen molar-refractivity contribution >= 4 is 139 Å². The van der Waals surface area contributed by atoms with Crippen LogP contribution >= 0.6 is 31.9 Å². The molecular formula is C78H58BBr2N5O2. The maximum Gasteiger partial charge on any atom is 0.488 e. The van der Waals surface area contributed by atoms with E-state index in [9.17, 15) is 10.0 Å². The molecule has 0 aliphatic carbocycles. The molecule has 10 heteroatoms. The number of halogens is 2. The average molecular weight is 1270 g/mol. The summed E-state index contributed by atoms with van der Waals surface area (Å²) in [5.41, 5.74) is 19.7. The van der Waals surface area contributed by atoms with E-state index in [1.54, 1.807) is 12.1 Å². The first-order chi connectivity index (χ1) is 43.3. The molecule has 0 atom stereocenters. The highest BCUT2D eigenvalue weighted by atomic mass is 79.9. The van der Waals surface area contributed by atoms with Gasteiger partial charge < -0.3 is 34.7 Å². The second kappa shape index (κ2) is 26.2. The number of anilines is 9. The molecular weight excluding hydrogens is 1210 g/mol. The van der Waals surface area contributed by atoms with Crippen molar-refractivity contribution in [3.8, 4) is 22.3 Å². The highest BCUT2D eigenvalue weighted by Gasteiger charge is 2.18. The maximum atomic E-state index is 9.23. The fraction of sp³-hybridized carbons (Fsp3) is 0. The predicted molar refractivity (Wildman–Crippen MR) is 378 cm³/mol. The van der Waals surface area contributed by atoms with Crippen molar-refractivity contribution in [2.75, 3.05) is 14.7 Å². The fourth-order valence-corrected chi connectivity index (χ4v) is 12.0. The van der Waals surface area contributed by atoms with E-state index >= 15 is 0 Å². The molecule has 0 unspecified atom stereocenters. The van der Waals surface area contributed by atoms with Gasteiger partial charge in [-0.25, -0.2) is 0 Å². The largest absolute Gasteiger partial charge is 0.488 e. The summed E-state index contributed by atoms with van der Waals surface area (Å²) < 4.78 is 2.21. The van der Waals surface area contributed by atoms with Crippen LogP contribution in [0.15, 0.2) is 337 Å². The molecule has 0 saturated carbocycles. The Bertz CT molecular complexity index is 4410. The minimum absolute atomic E-state index is 0.477. The van der Waals surface area contributed by atoms with Gasteiger partial charge in [0, 0.05) is 104 Å². The van der Waals surface area contributed by atoms with E-state index in [4.69, 9.17) is 0 Å². The van der Waals surface area contributed by atoms with E-state index in [1.807, 2.05) is 84.9 Å². The standard InChI is InChI=1S/C48H35N3.C18H16BNO2.C12H7Br2N/c1-5-13-39(14-6-1)50(40-15-7-2-8-16-40)43-27-21-35(22-28-43)37-25-31-47-45(33-37)46-34-38(26-32-48(46)49-47)36-23-29-44(30-24-36)51(41-17-9-3-10-18-41)42-19-11-4-12-20-42;21-19(22)15-11-13-18(14-12-15)20(16-7-3-1-4-8-16)17-9-5-2-6-10-17;13-7-1-3-11-9(5-7)10-6-8(14)2-4-12(10)15-11/h1-34,49H;1-14,21-22H;1-6,15H. The second-order valence-corrected chi connectivity index (χ2v) is 23.1. The van der Waals surface area contributed by atoms with Crippen LogP contribution in [0.4, 0.5) is 51.2 Å². The number of nitrogens with one attached hydrogen (secondary N) is 2. The molecule has 0 fully saturated rings. The second-order valence-electron chi connectivity index (χ2n) is 21.2. The van der Waals surface area contributed by atoms with Gasteiger partial charge in [-0.1, -0.05) is 190 Å². The molecule has 15 aromatic rings. The minimum atomic E-state index is -1.45. The van der Waals surface area contributed by atoms with Crippen LogP contribution in [0.1, 0.15) is 0 Å². The Labute approximate surface area is 529 Å². The summed E-state index contributed by atoms with van der Waals surface area (Å²) >= 11 is 6.99. The van der Waals surface area contributed by atoms with Crippen LogP contribution in [-0.4, -0.2) is 27.1 Å². The number of nitrogens with zero attached hydrogens (tertiary/aromatic N) is 3. The van der Waals surface area contributed by atoms with E-state index in [0.29, 0.717) is 5.46 Å². The number of rotatable bonds is 12. The van der Waals surface area contributed by atoms with Crippen molar-refractivity contribution in [1.29, 1.82) is 0 Å². The van der Waals surface area contributed by atoms with Crippen LogP contribution in [0.5, 0.6) is 0 Å². The first kappa shape index (κ1) is 56.9. The summed E-state index contributed by atoms with van der Waals surface area (Å²) in [5.74, 6) is 0. The Morgan fingerprint density at radius 3 is 0.739 bits per heavy atom. The van der Waals surface area contributed by atoms with E-state index in [2.05, 4.69) is 287 Å². The van der Waals surface area contributed by atoms with Gasteiger partial charge in [0.05, 0.1) is 0 Å². The molecule has 0 aliphatic rings. The Balaban J connectivity index is 0.000000157. The van der Waals surface area contributed by atoms with E-state index < -0.39 is 7.12 Å². The maximum absolute atomic E-state index is 9.23. The molecule has 0 radical (unpaired) electrons. The summed E-state index contributed by atoms with van der Waals surface area (Å²) in [4.78, 5) is 13.7. The number of H-pyrrole nitrogens is 2. The van der Waals surface area contributed by atoms with Gasteiger partial charge >= 0.3 is 7.12 Å². The summed E-state index contributed by atoms with van der Waals surface area (Å²) in [6, 6.07) is 113. The molecule has 2 heterocycles. The van der Waals surface area contributed by atoms with Crippen LogP contribution in [0.3, 0.4) is 0 Å². The Morgan fingerprint density at radius 2 is 0.466 bits per heavy atom. The molecule has 0 bridgehead atoms. The average Bonchev–Trinajstić information content (AvgIpc) is 3.33. The molecule has 13 aromatic carbocycles. The van der Waals surface area contributed by atoms with Gasteiger partial charge in [-0.2, -0.15) is 0 Å². The number of aromatic nitrogens is 2. The molecule has 2 aromatic heterocycles. The molecule has 88 heavy (non-hydrogen) atoms. The Kier molecular flexibility index (Phi) is 16.9. The van der Waals surface area contributed by atoms with Gasteiger partial charge in [0.25, 0.3) is 0 Å². The zero-order valence-corrected chi connectivity index (χ0v) is 50.9. The number of aromatic amines is 2. The summed E-state index contributed by atoms with van der Waals surface area (Å²) in [5, 5.41) is 23.4. The third-order valence-corrected chi connectivity index (χ3v) is 16.6. The van der Waals surface area contributed by atoms with Gasteiger partial charge in [-0.05, 0) is 198 Å². The third kappa shape index (κ3) is 12.6. The lowest BCUT2D eigenvalue weighted by molar-refractivity contribution is 0.426. The van der Waals surface area contributed by atoms with E-state index in [0.717, 1.165) is 71.2 Å². The van der Waals surface area contributed by atoms with Crippen LogP contribution in [-0.2, 0) is 0 Å².